The monoisotopic (exact) mass is 730 g/mol. The molecule has 5 heterocycles. The normalized spacial score (nSPS) is 21.0. The van der Waals surface area contributed by atoms with Crippen LogP contribution in [0.2, 0.25) is 0 Å². The molecule has 2 aromatic carbocycles. The molecule has 0 saturated carbocycles. The number of aryl methyl sites for hydroxylation is 2. The summed E-state index contributed by atoms with van der Waals surface area (Å²) in [5.74, 6) is -2.72. The summed E-state index contributed by atoms with van der Waals surface area (Å²) < 4.78 is 48.7. The first-order valence-corrected chi connectivity index (χ1v) is 18.2. The lowest BCUT2D eigenvalue weighted by molar-refractivity contribution is -0.135. The van der Waals surface area contributed by atoms with Crippen molar-refractivity contribution in [1.29, 1.82) is 0 Å². The predicted molar refractivity (Wildman–Crippen MR) is 195 cm³/mol. The second-order valence-electron chi connectivity index (χ2n) is 15.1. The van der Waals surface area contributed by atoms with Crippen LogP contribution in [0.5, 0.6) is 11.5 Å². The van der Waals surface area contributed by atoms with Gasteiger partial charge in [-0.3, -0.25) is 33.7 Å². The van der Waals surface area contributed by atoms with Gasteiger partial charge in [-0.2, -0.15) is 0 Å². The molecule has 1 unspecified atom stereocenters. The van der Waals surface area contributed by atoms with Crippen molar-refractivity contribution >= 4 is 28.5 Å². The number of carbonyl (C=O) groups is 2. The van der Waals surface area contributed by atoms with Crippen LogP contribution in [0.4, 0.5) is 14.5 Å². The highest BCUT2D eigenvalue weighted by Crippen LogP contribution is 2.52. The molecule has 1 atom stereocenters. The fraction of sp³-hybridized carbons (Fsp3) is 0.487. The number of nitrogens with one attached hydrogen (secondary N) is 1. The van der Waals surface area contributed by atoms with Gasteiger partial charge < -0.3 is 18.9 Å². The van der Waals surface area contributed by atoms with Crippen molar-refractivity contribution in [3.63, 3.8) is 0 Å². The number of hydrogen-bond acceptors (Lipinski definition) is 8. The molecule has 2 amide bonds. The fourth-order valence-electron chi connectivity index (χ4n) is 9.35. The van der Waals surface area contributed by atoms with Gasteiger partial charge in [0.15, 0.2) is 0 Å². The number of pyridine rings is 1. The first-order chi connectivity index (χ1) is 25.4. The SMILES string of the molecule is COc1cc(-c2cn(C)c(=O)c3c2CCC3)cc(OC)c1CN1CC(F)(F)C2(CCN(c3cccc4c3n(C)c(=O)n4C3CCC(=O)NC3=O)CC2)C1. The molecule has 12 nitrogen and oxygen atoms in total. The van der Waals surface area contributed by atoms with Crippen LogP contribution >= 0.6 is 0 Å². The van der Waals surface area contributed by atoms with Crippen LogP contribution in [-0.4, -0.2) is 76.7 Å². The van der Waals surface area contributed by atoms with E-state index in [4.69, 9.17) is 9.47 Å². The Hall–Kier alpha value is -4.98. The summed E-state index contributed by atoms with van der Waals surface area (Å²) in [6.45, 7) is 0.754. The van der Waals surface area contributed by atoms with Gasteiger partial charge in [-0.1, -0.05) is 6.07 Å². The lowest BCUT2D eigenvalue weighted by Gasteiger charge is -2.43. The van der Waals surface area contributed by atoms with Crippen molar-refractivity contribution in [3.05, 3.63) is 74.1 Å². The van der Waals surface area contributed by atoms with Gasteiger partial charge in [0.2, 0.25) is 11.8 Å². The van der Waals surface area contributed by atoms with Gasteiger partial charge >= 0.3 is 5.69 Å². The average Bonchev–Trinajstić information content (AvgIpc) is 3.80. The van der Waals surface area contributed by atoms with Gasteiger partial charge in [-0.25, -0.2) is 13.6 Å². The zero-order valence-corrected chi connectivity index (χ0v) is 30.5. The van der Waals surface area contributed by atoms with Crippen molar-refractivity contribution in [1.82, 2.24) is 23.9 Å². The van der Waals surface area contributed by atoms with Crippen molar-refractivity contribution in [2.45, 2.75) is 63.5 Å². The third kappa shape index (κ3) is 5.55. The molecule has 53 heavy (non-hydrogen) atoms. The lowest BCUT2D eigenvalue weighted by Crippen LogP contribution is -2.49. The summed E-state index contributed by atoms with van der Waals surface area (Å²) >= 11 is 0. The number of nitrogens with zero attached hydrogens (tertiary/aromatic N) is 5. The quantitative estimate of drug-likeness (QED) is 0.285. The van der Waals surface area contributed by atoms with Gasteiger partial charge in [0.25, 0.3) is 11.5 Å². The number of piperidine rings is 2. The highest BCUT2D eigenvalue weighted by atomic mass is 19.3. The van der Waals surface area contributed by atoms with E-state index in [1.165, 1.54) is 9.13 Å². The molecular formula is C39H44F2N6O6. The number of imidazole rings is 1. The number of likely N-dealkylation sites (tertiary alicyclic amines) is 1. The molecule has 8 rings (SSSR count). The minimum Gasteiger partial charge on any atom is -0.496 e. The summed E-state index contributed by atoms with van der Waals surface area (Å²) in [6, 6.07) is 8.50. The topological polar surface area (TPSA) is 120 Å². The van der Waals surface area contributed by atoms with E-state index < -0.39 is 29.8 Å². The molecule has 4 aliphatic rings. The molecule has 0 bridgehead atoms. The van der Waals surface area contributed by atoms with Crippen LogP contribution in [0, 0.1) is 5.41 Å². The number of halogens is 2. The van der Waals surface area contributed by atoms with E-state index in [-0.39, 0.29) is 55.9 Å². The van der Waals surface area contributed by atoms with E-state index >= 15 is 8.78 Å². The maximum absolute atomic E-state index is 16.2. The number of rotatable bonds is 7. The Bertz CT molecular complexity index is 2260. The Kier molecular flexibility index (Phi) is 8.51. The van der Waals surface area contributed by atoms with E-state index in [0.29, 0.717) is 41.2 Å². The third-order valence-electron chi connectivity index (χ3n) is 12.1. The van der Waals surface area contributed by atoms with Gasteiger partial charge in [0, 0.05) is 64.0 Å². The van der Waals surface area contributed by atoms with Gasteiger partial charge in [0.05, 0.1) is 48.5 Å². The number of carbonyl (C=O) groups excluding carboxylic acids is 2. The van der Waals surface area contributed by atoms with E-state index in [1.807, 2.05) is 30.5 Å². The van der Waals surface area contributed by atoms with Crippen molar-refractivity contribution in [2.24, 2.45) is 19.5 Å². The molecular weight excluding hydrogens is 686 g/mol. The number of benzene rings is 2. The lowest BCUT2D eigenvalue weighted by atomic mass is 9.75. The van der Waals surface area contributed by atoms with Gasteiger partial charge in [-0.05, 0) is 73.9 Å². The van der Waals surface area contributed by atoms with Crippen molar-refractivity contribution in [3.8, 4) is 22.6 Å². The molecule has 0 radical (unpaired) electrons. The Labute approximate surface area is 304 Å². The molecule has 3 aliphatic heterocycles. The van der Waals surface area contributed by atoms with Crippen LogP contribution in [0.3, 0.4) is 0 Å². The Morgan fingerprint density at radius 3 is 2.30 bits per heavy atom. The molecule has 280 valence electrons. The van der Waals surface area contributed by atoms with E-state index in [2.05, 4.69) is 10.2 Å². The number of alkyl halides is 2. The zero-order chi connectivity index (χ0) is 37.4. The van der Waals surface area contributed by atoms with Crippen molar-refractivity contribution in [2.75, 3.05) is 45.3 Å². The van der Waals surface area contributed by atoms with Crippen LogP contribution in [0.1, 0.15) is 54.8 Å². The maximum Gasteiger partial charge on any atom is 0.329 e. The number of para-hydroxylation sites is 1. The summed E-state index contributed by atoms with van der Waals surface area (Å²) in [6.07, 6.45) is 5.21. The number of imide groups is 1. The highest BCUT2D eigenvalue weighted by molar-refractivity contribution is 6.00. The molecule has 4 aromatic rings. The largest absolute Gasteiger partial charge is 0.496 e. The fourth-order valence-corrected chi connectivity index (χ4v) is 9.35. The third-order valence-corrected chi connectivity index (χ3v) is 12.1. The van der Waals surface area contributed by atoms with Gasteiger partial charge in [0.1, 0.15) is 17.5 Å². The molecule has 3 saturated heterocycles. The maximum atomic E-state index is 16.2. The Morgan fingerprint density at radius 1 is 0.925 bits per heavy atom. The number of ether oxygens (including phenoxy) is 2. The van der Waals surface area contributed by atoms with Crippen LogP contribution in [0.25, 0.3) is 22.2 Å². The summed E-state index contributed by atoms with van der Waals surface area (Å²) in [7, 11) is 6.54. The molecule has 1 N–H and O–H groups in total. The number of anilines is 1. The zero-order valence-electron chi connectivity index (χ0n) is 30.5. The minimum absolute atomic E-state index is 0.0260. The molecule has 3 fully saturated rings. The Balaban J connectivity index is 1.04. The predicted octanol–water partition coefficient (Wildman–Crippen LogP) is 3.93. The molecule has 2 aromatic heterocycles. The van der Waals surface area contributed by atoms with E-state index in [9.17, 15) is 19.2 Å². The van der Waals surface area contributed by atoms with Crippen LogP contribution in [0.15, 0.2) is 46.1 Å². The minimum atomic E-state index is -2.94. The van der Waals surface area contributed by atoms with Crippen molar-refractivity contribution < 1.29 is 27.8 Å². The number of methoxy groups -OCH3 is 2. The second kappa shape index (κ2) is 12.9. The average molecular weight is 731 g/mol. The standard InChI is InChI=1S/C39H44F2N6O6/c1-43-19-26(24-7-5-8-25(24)36(43)50)23-17-31(52-3)27(32(18-23)53-4)20-45-21-38(39(40,41)22-45)13-15-46(16-14-38)28-9-6-10-29-34(28)44(2)37(51)47(29)30-11-12-33(48)42-35(30)49/h6,9-10,17-19,30H,5,7-8,11-16,20-22H2,1-4H3,(H,42,48,49). The highest BCUT2D eigenvalue weighted by Gasteiger charge is 2.60. The van der Waals surface area contributed by atoms with E-state index in [1.54, 1.807) is 43.8 Å². The first kappa shape index (κ1) is 35.1. The van der Waals surface area contributed by atoms with Crippen LogP contribution < -0.4 is 30.9 Å². The van der Waals surface area contributed by atoms with Crippen LogP contribution in [-0.2, 0) is 43.1 Å². The van der Waals surface area contributed by atoms with E-state index in [0.717, 1.165) is 47.2 Å². The Morgan fingerprint density at radius 2 is 1.62 bits per heavy atom. The number of hydrogen-bond donors (Lipinski definition) is 1. The number of amides is 2. The first-order valence-electron chi connectivity index (χ1n) is 18.2. The summed E-state index contributed by atoms with van der Waals surface area (Å²) in [5.41, 5.74) is 4.74. The number of aromatic nitrogens is 3. The molecule has 1 aliphatic carbocycles. The molecule has 1 spiro atoms. The number of fused-ring (bicyclic) bond motifs is 2. The smallest absolute Gasteiger partial charge is 0.329 e. The summed E-state index contributed by atoms with van der Waals surface area (Å²) in [4.78, 5) is 54.6. The van der Waals surface area contributed by atoms with Gasteiger partial charge in [-0.15, -0.1) is 0 Å². The molecule has 14 heteroatoms. The second-order valence-corrected chi connectivity index (χ2v) is 15.1. The summed E-state index contributed by atoms with van der Waals surface area (Å²) in [5, 5.41) is 2.34.